The molecule has 0 saturated heterocycles. The van der Waals surface area contributed by atoms with Crippen LogP contribution in [0.4, 0.5) is 0 Å². The molecule has 0 bridgehead atoms. The number of allylic oxidation sites excluding steroid dienone is 1. The Bertz CT molecular complexity index is 460. The zero-order chi connectivity index (χ0) is 22.7. The van der Waals surface area contributed by atoms with Crippen molar-refractivity contribution in [2.75, 3.05) is 26.2 Å². The number of rotatable bonds is 22. The predicted octanol–water partition coefficient (Wildman–Crippen LogP) is 4.70. The summed E-state index contributed by atoms with van der Waals surface area (Å²) >= 11 is 0. The Morgan fingerprint density at radius 1 is 0.567 bits per heavy atom. The lowest BCUT2D eigenvalue weighted by Gasteiger charge is -2.38. The molecule has 0 amide bonds. The third-order valence-corrected chi connectivity index (χ3v) is 5.69. The van der Waals surface area contributed by atoms with E-state index in [4.69, 9.17) is 15.3 Å². The Morgan fingerprint density at radius 3 is 1.23 bits per heavy atom. The zero-order valence-electron chi connectivity index (χ0n) is 18.5. The van der Waals surface area contributed by atoms with Crippen molar-refractivity contribution in [2.24, 2.45) is 0 Å². The summed E-state index contributed by atoms with van der Waals surface area (Å²) < 4.78 is 0.260. The molecule has 30 heavy (non-hydrogen) atoms. The summed E-state index contributed by atoms with van der Waals surface area (Å²) in [4.78, 5) is 33.2. The molecule has 0 rings (SSSR count). The molecule has 3 N–H and O–H groups in total. The first-order chi connectivity index (χ1) is 14.3. The summed E-state index contributed by atoms with van der Waals surface area (Å²) in [5.41, 5.74) is 0. The number of hydrogen-bond donors (Lipinski definition) is 3. The van der Waals surface area contributed by atoms with E-state index in [-0.39, 0.29) is 43.4 Å². The molecular formula is C23H42NO6+. The van der Waals surface area contributed by atoms with Crippen LogP contribution in [-0.2, 0) is 14.4 Å². The van der Waals surface area contributed by atoms with Crippen molar-refractivity contribution in [1.82, 2.24) is 0 Å². The number of carbonyl (C=O) groups is 3. The van der Waals surface area contributed by atoms with Crippen molar-refractivity contribution < 1.29 is 34.2 Å². The first-order valence-electron chi connectivity index (χ1n) is 11.4. The van der Waals surface area contributed by atoms with E-state index in [9.17, 15) is 14.4 Å². The average molecular weight is 429 g/mol. The molecule has 0 radical (unpaired) electrons. The lowest BCUT2D eigenvalue weighted by Crippen LogP contribution is -2.52. The smallest absolute Gasteiger partial charge is 0.309 e. The standard InChI is InChI=1S/C23H41NO6/c1-2-3-4-5-6-7-8-9-10-11-12-13-17-24(18-14-21(25)26,19-15-22(27)28)20-16-23(29)30/h2H,1,3-20H2,(H2-,25,26,27,28,29,30)/p+1. The summed E-state index contributed by atoms with van der Waals surface area (Å²) in [5, 5.41) is 27.2. The molecule has 7 nitrogen and oxygen atoms in total. The number of carboxylic acids is 3. The van der Waals surface area contributed by atoms with Crippen molar-refractivity contribution >= 4 is 17.9 Å². The van der Waals surface area contributed by atoms with Gasteiger partial charge in [-0.3, -0.25) is 14.4 Å². The molecule has 0 saturated carbocycles. The SMILES string of the molecule is C=CCCCCCCCCCCCC[N+](CCC(=O)O)(CCC(=O)O)CCC(=O)O. The minimum absolute atomic E-state index is 0.0773. The molecule has 0 unspecified atom stereocenters. The second kappa shape index (κ2) is 17.9. The van der Waals surface area contributed by atoms with Crippen molar-refractivity contribution in [1.29, 1.82) is 0 Å². The molecule has 0 fully saturated rings. The van der Waals surface area contributed by atoms with E-state index in [1.807, 2.05) is 6.08 Å². The van der Waals surface area contributed by atoms with Crippen molar-refractivity contribution in [3.05, 3.63) is 12.7 Å². The van der Waals surface area contributed by atoms with Gasteiger partial charge >= 0.3 is 17.9 Å². The van der Waals surface area contributed by atoms with E-state index >= 15 is 0 Å². The van der Waals surface area contributed by atoms with Crippen LogP contribution < -0.4 is 0 Å². The molecule has 0 heterocycles. The Hall–Kier alpha value is -1.89. The fourth-order valence-corrected chi connectivity index (χ4v) is 3.82. The summed E-state index contributed by atoms with van der Waals surface area (Å²) in [6.45, 7) is 5.21. The molecule has 0 atom stereocenters. The molecule has 0 aromatic heterocycles. The van der Waals surface area contributed by atoms with E-state index in [1.54, 1.807) is 0 Å². The molecular weight excluding hydrogens is 386 g/mol. The fourth-order valence-electron chi connectivity index (χ4n) is 3.82. The Balaban J connectivity index is 4.30. The quantitative estimate of drug-likeness (QED) is 0.131. The van der Waals surface area contributed by atoms with Gasteiger partial charge in [-0.25, -0.2) is 0 Å². The van der Waals surface area contributed by atoms with Gasteiger partial charge in [0.05, 0.1) is 45.4 Å². The average Bonchev–Trinajstić information content (AvgIpc) is 2.69. The van der Waals surface area contributed by atoms with Gasteiger partial charge in [-0.15, -0.1) is 6.58 Å². The van der Waals surface area contributed by atoms with Crippen LogP contribution >= 0.6 is 0 Å². The highest BCUT2D eigenvalue weighted by Crippen LogP contribution is 2.17. The van der Waals surface area contributed by atoms with Gasteiger partial charge in [-0.1, -0.05) is 51.0 Å². The maximum atomic E-state index is 11.1. The first-order valence-corrected chi connectivity index (χ1v) is 11.4. The van der Waals surface area contributed by atoms with Crippen LogP contribution in [0.3, 0.4) is 0 Å². The maximum Gasteiger partial charge on any atom is 0.309 e. The molecule has 0 spiro atoms. The van der Waals surface area contributed by atoms with Crippen molar-refractivity contribution in [2.45, 2.75) is 89.9 Å². The monoisotopic (exact) mass is 428 g/mol. The van der Waals surface area contributed by atoms with Crippen LogP contribution in [0.5, 0.6) is 0 Å². The number of quaternary nitrogens is 1. The van der Waals surface area contributed by atoms with E-state index in [1.165, 1.54) is 44.9 Å². The van der Waals surface area contributed by atoms with Gasteiger partial charge in [0.1, 0.15) is 0 Å². The minimum Gasteiger partial charge on any atom is -0.481 e. The van der Waals surface area contributed by atoms with Crippen LogP contribution in [0.2, 0.25) is 0 Å². The molecule has 0 aromatic rings. The lowest BCUT2D eigenvalue weighted by molar-refractivity contribution is -0.927. The molecule has 0 aliphatic rings. The molecule has 0 aromatic carbocycles. The summed E-state index contributed by atoms with van der Waals surface area (Å²) in [5.74, 6) is -2.81. The normalized spacial score (nSPS) is 11.3. The number of hydrogen-bond acceptors (Lipinski definition) is 3. The molecule has 174 valence electrons. The molecule has 0 aliphatic heterocycles. The van der Waals surface area contributed by atoms with Crippen LogP contribution in [0, 0.1) is 0 Å². The third-order valence-electron chi connectivity index (χ3n) is 5.69. The Labute approximate surface area is 181 Å². The highest BCUT2D eigenvalue weighted by molar-refractivity contribution is 5.67. The number of carboxylic acid groups (broad SMARTS) is 3. The van der Waals surface area contributed by atoms with Crippen molar-refractivity contribution in [3.8, 4) is 0 Å². The highest BCUT2D eigenvalue weighted by atomic mass is 16.4. The van der Waals surface area contributed by atoms with E-state index in [2.05, 4.69) is 6.58 Å². The minimum atomic E-state index is -0.937. The van der Waals surface area contributed by atoms with Gasteiger partial charge in [0.2, 0.25) is 0 Å². The van der Waals surface area contributed by atoms with Gasteiger partial charge in [-0.2, -0.15) is 0 Å². The van der Waals surface area contributed by atoms with Crippen molar-refractivity contribution in [3.63, 3.8) is 0 Å². The second-order valence-electron chi connectivity index (χ2n) is 8.28. The van der Waals surface area contributed by atoms with Crippen LogP contribution in [0.25, 0.3) is 0 Å². The van der Waals surface area contributed by atoms with Gasteiger partial charge in [0, 0.05) is 0 Å². The predicted molar refractivity (Wildman–Crippen MR) is 117 cm³/mol. The third kappa shape index (κ3) is 17.0. The summed E-state index contributed by atoms with van der Waals surface area (Å²) in [6, 6.07) is 0. The Kier molecular flexibility index (Phi) is 16.8. The maximum absolute atomic E-state index is 11.1. The number of unbranched alkanes of at least 4 members (excludes halogenated alkanes) is 10. The molecule has 7 heteroatoms. The molecule has 0 aliphatic carbocycles. The van der Waals surface area contributed by atoms with Gasteiger partial charge in [0.25, 0.3) is 0 Å². The largest absolute Gasteiger partial charge is 0.481 e. The number of nitrogens with zero attached hydrogens (tertiary/aromatic N) is 1. The zero-order valence-corrected chi connectivity index (χ0v) is 18.5. The van der Waals surface area contributed by atoms with E-state index < -0.39 is 17.9 Å². The summed E-state index contributed by atoms with van der Waals surface area (Å²) in [7, 11) is 0. The number of aliphatic carboxylic acids is 3. The topological polar surface area (TPSA) is 112 Å². The van der Waals surface area contributed by atoms with Gasteiger partial charge in [0.15, 0.2) is 0 Å². The Morgan fingerprint density at radius 2 is 0.900 bits per heavy atom. The van der Waals surface area contributed by atoms with Crippen LogP contribution in [-0.4, -0.2) is 63.9 Å². The highest BCUT2D eigenvalue weighted by Gasteiger charge is 2.29. The van der Waals surface area contributed by atoms with E-state index in [0.29, 0.717) is 6.54 Å². The van der Waals surface area contributed by atoms with E-state index in [0.717, 1.165) is 25.7 Å². The van der Waals surface area contributed by atoms with Gasteiger partial charge in [-0.05, 0) is 25.7 Å². The lowest BCUT2D eigenvalue weighted by atomic mass is 10.1. The summed E-state index contributed by atoms with van der Waals surface area (Å²) in [6.07, 6.45) is 14.5. The van der Waals surface area contributed by atoms with Gasteiger partial charge < -0.3 is 19.8 Å². The fraction of sp³-hybridized carbons (Fsp3) is 0.783. The van der Waals surface area contributed by atoms with Crippen LogP contribution in [0.1, 0.15) is 89.9 Å². The second-order valence-corrected chi connectivity index (χ2v) is 8.28. The van der Waals surface area contributed by atoms with Crippen LogP contribution in [0.15, 0.2) is 12.7 Å². The first kappa shape index (κ1) is 28.1.